The molecule has 5 unspecified atom stereocenters. The van der Waals surface area contributed by atoms with Crippen molar-refractivity contribution >= 4 is 31.3 Å². The zero-order chi connectivity index (χ0) is 37.5. The summed E-state index contributed by atoms with van der Waals surface area (Å²) in [5.74, 6) is -0.623. The van der Waals surface area contributed by atoms with Gasteiger partial charge in [0.05, 0.1) is 92.5 Å². The molecule has 0 aromatic rings. The Morgan fingerprint density at radius 3 is 1.33 bits per heavy atom. The number of rotatable bonds is 34. The molecule has 0 aliphatic carbocycles. The first kappa shape index (κ1) is 51.3. The van der Waals surface area contributed by atoms with E-state index in [4.69, 9.17) is 42.3 Å². The number of ether oxygens (including phenoxy) is 4. The number of unbranched alkanes of at least 4 members (excludes halogenated alkanes) is 2. The molecule has 21 nitrogen and oxygen atoms in total. The number of hydrogen-bond donors (Lipinski definition) is 4. The van der Waals surface area contributed by atoms with Crippen LogP contribution in [-0.4, -0.2) is 135 Å². The van der Waals surface area contributed by atoms with Gasteiger partial charge in [-0.2, -0.15) is 0 Å². The van der Waals surface area contributed by atoms with E-state index in [2.05, 4.69) is 34.9 Å². The van der Waals surface area contributed by atoms with Crippen molar-refractivity contribution in [2.24, 2.45) is 5.92 Å². The summed E-state index contributed by atoms with van der Waals surface area (Å²) >= 11 is 0. The Morgan fingerprint density at radius 2 is 0.939 bits per heavy atom. The summed E-state index contributed by atoms with van der Waals surface area (Å²) in [7, 11) is -13.1. The molecule has 0 aromatic carbocycles. The lowest BCUT2D eigenvalue weighted by Gasteiger charge is -2.24. The Bertz CT molecular complexity index is 894. The van der Waals surface area contributed by atoms with Crippen LogP contribution in [0.3, 0.4) is 0 Å². The summed E-state index contributed by atoms with van der Waals surface area (Å²) in [6.07, 6.45) is 4.01. The molecule has 49 heavy (non-hydrogen) atoms. The SMILES string of the molecule is CCCCCNC.COP(=O)(O)OCCOCCOCCOP(=O)([O-])OCC(C)COP(=O)(O)OCCOCCOCCOP(=O)(O)OC. The Kier molecular flexibility index (Phi) is 33.3. The highest BCUT2D eigenvalue weighted by atomic mass is 31.2. The predicted octanol–water partition coefficient (Wildman–Crippen LogP) is 2.25. The van der Waals surface area contributed by atoms with Crippen LogP contribution >= 0.6 is 31.3 Å². The van der Waals surface area contributed by atoms with Gasteiger partial charge in [0.15, 0.2) is 0 Å². The smallest absolute Gasteiger partial charge is 0.472 e. The van der Waals surface area contributed by atoms with Gasteiger partial charge in [0.2, 0.25) is 0 Å². The summed E-state index contributed by atoms with van der Waals surface area (Å²) in [5, 5.41) is 3.10. The van der Waals surface area contributed by atoms with Gasteiger partial charge in [-0.25, -0.2) is 13.7 Å². The third kappa shape index (κ3) is 37.8. The third-order valence-electron chi connectivity index (χ3n) is 5.20. The van der Waals surface area contributed by atoms with Crippen molar-refractivity contribution in [1.29, 1.82) is 0 Å². The van der Waals surface area contributed by atoms with Gasteiger partial charge in [0.25, 0.3) is 7.82 Å². The molecule has 298 valence electrons. The van der Waals surface area contributed by atoms with Crippen molar-refractivity contribution < 1.29 is 93.0 Å². The monoisotopic (exact) mass is 802 g/mol. The molecule has 4 N–H and O–H groups in total. The van der Waals surface area contributed by atoms with Crippen LogP contribution in [0.5, 0.6) is 0 Å². The molecule has 0 radical (unpaired) electrons. The van der Waals surface area contributed by atoms with Gasteiger partial charge < -0.3 is 52.9 Å². The Morgan fingerprint density at radius 1 is 0.571 bits per heavy atom. The van der Waals surface area contributed by atoms with E-state index in [1.807, 2.05) is 7.05 Å². The van der Waals surface area contributed by atoms with Gasteiger partial charge in [0.1, 0.15) is 0 Å². The zero-order valence-electron chi connectivity index (χ0n) is 28.9. The molecule has 25 heteroatoms. The molecule has 0 heterocycles. The highest BCUT2D eigenvalue weighted by Crippen LogP contribution is 2.44. The van der Waals surface area contributed by atoms with Crippen LogP contribution in [0.1, 0.15) is 33.1 Å². The molecular weight excluding hydrogens is 746 g/mol. The van der Waals surface area contributed by atoms with Gasteiger partial charge in [0, 0.05) is 20.1 Å². The van der Waals surface area contributed by atoms with Crippen molar-refractivity contribution in [3.63, 3.8) is 0 Å². The molecule has 0 spiro atoms. The second-order valence-electron chi connectivity index (χ2n) is 9.51. The fourth-order valence-corrected chi connectivity index (χ4v) is 5.16. The number of hydrogen-bond acceptors (Lipinski definition) is 18. The third-order valence-corrected chi connectivity index (χ3v) is 9.09. The van der Waals surface area contributed by atoms with Crippen molar-refractivity contribution in [1.82, 2.24) is 5.32 Å². The van der Waals surface area contributed by atoms with Gasteiger partial charge in [-0.1, -0.05) is 26.7 Å². The lowest BCUT2D eigenvalue weighted by atomic mass is 10.2. The highest BCUT2D eigenvalue weighted by Gasteiger charge is 2.23. The second-order valence-corrected chi connectivity index (χ2v) is 15.5. The molecule has 0 saturated carbocycles. The maximum Gasteiger partial charge on any atom is 0.472 e. The molecule has 0 fully saturated rings. The van der Waals surface area contributed by atoms with Crippen LogP contribution in [0.15, 0.2) is 0 Å². The number of nitrogens with one attached hydrogen (secondary N) is 1. The summed E-state index contributed by atoms with van der Waals surface area (Å²) < 4.78 is 103. The fraction of sp³-hybridized carbons (Fsp3) is 1.00. The minimum absolute atomic E-state index is 0.00988. The lowest BCUT2D eigenvalue weighted by Crippen LogP contribution is -2.18. The van der Waals surface area contributed by atoms with E-state index in [-0.39, 0.29) is 85.9 Å². The maximum absolute atomic E-state index is 11.9. The first-order valence-corrected chi connectivity index (χ1v) is 21.2. The fourth-order valence-electron chi connectivity index (χ4n) is 2.71. The van der Waals surface area contributed by atoms with Crippen molar-refractivity contribution in [2.45, 2.75) is 33.1 Å². The zero-order valence-corrected chi connectivity index (χ0v) is 32.5. The Hall–Kier alpha value is 0.240. The van der Waals surface area contributed by atoms with E-state index in [0.717, 1.165) is 14.2 Å². The maximum atomic E-state index is 11.9. The van der Waals surface area contributed by atoms with Gasteiger partial charge in [-0.05, 0) is 20.0 Å². The van der Waals surface area contributed by atoms with Crippen LogP contribution in [0.2, 0.25) is 0 Å². The molecular formula is C24H56NO20P4-. The van der Waals surface area contributed by atoms with Gasteiger partial charge >= 0.3 is 23.5 Å². The normalized spacial score (nSPS) is 17.2. The summed E-state index contributed by atoms with van der Waals surface area (Å²) in [6.45, 7) is 3.50. The Labute approximate surface area is 288 Å². The van der Waals surface area contributed by atoms with Crippen LogP contribution in [-0.2, 0) is 73.4 Å². The van der Waals surface area contributed by atoms with Gasteiger partial charge in [-0.15, -0.1) is 0 Å². The topological polar surface area (TPSA) is 275 Å². The molecule has 0 aliphatic rings. The molecule has 0 aromatic heterocycles. The molecule has 0 rings (SSSR count). The minimum Gasteiger partial charge on any atom is -0.756 e. The van der Waals surface area contributed by atoms with E-state index in [1.54, 1.807) is 0 Å². The molecule has 0 aliphatic heterocycles. The van der Waals surface area contributed by atoms with Crippen LogP contribution in [0, 0.1) is 5.92 Å². The lowest BCUT2D eigenvalue weighted by molar-refractivity contribution is -0.227. The van der Waals surface area contributed by atoms with E-state index < -0.39 is 43.8 Å². The average Bonchev–Trinajstić information content (AvgIpc) is 3.05. The molecule has 5 atom stereocenters. The summed E-state index contributed by atoms with van der Waals surface area (Å²) in [6, 6.07) is 0. The number of phosphoric acid groups is 4. The number of phosphoric ester groups is 4. The van der Waals surface area contributed by atoms with E-state index in [0.29, 0.717) is 0 Å². The van der Waals surface area contributed by atoms with Crippen LogP contribution in [0.4, 0.5) is 0 Å². The van der Waals surface area contributed by atoms with E-state index in [1.165, 1.54) is 32.7 Å². The minimum atomic E-state index is -4.67. The Balaban J connectivity index is 0. The van der Waals surface area contributed by atoms with Crippen LogP contribution < -0.4 is 10.2 Å². The predicted molar refractivity (Wildman–Crippen MR) is 173 cm³/mol. The summed E-state index contributed by atoms with van der Waals surface area (Å²) in [5.41, 5.74) is 0. The van der Waals surface area contributed by atoms with Gasteiger partial charge in [-0.3, -0.25) is 31.7 Å². The van der Waals surface area contributed by atoms with Crippen molar-refractivity contribution in [3.8, 4) is 0 Å². The first-order valence-electron chi connectivity index (χ1n) is 15.3. The van der Waals surface area contributed by atoms with E-state index in [9.17, 15) is 28.0 Å². The molecule has 0 amide bonds. The molecule has 0 bridgehead atoms. The quantitative estimate of drug-likeness (QED) is 0.0536. The summed E-state index contributed by atoms with van der Waals surface area (Å²) in [4.78, 5) is 39.5. The average molecular weight is 803 g/mol. The van der Waals surface area contributed by atoms with E-state index >= 15 is 0 Å². The van der Waals surface area contributed by atoms with Crippen LogP contribution in [0.25, 0.3) is 0 Å². The second kappa shape index (κ2) is 31.7. The highest BCUT2D eigenvalue weighted by molar-refractivity contribution is 7.48. The van der Waals surface area contributed by atoms with Crippen molar-refractivity contribution in [3.05, 3.63) is 0 Å². The standard InChI is InChI=1S/C18H42O20P4.C6H15N/c1-18(16-37-41(23,24)35-14-10-31-6-4-29-8-12-33-39(19,20)27-2)17-38-42(25,26)36-15-11-32-7-5-30-9-13-34-40(21,22)28-3;1-3-4-5-6-7-2/h18H,4-17H2,1-3H3,(H,19,20)(H,21,22)(H,23,24)(H,25,26);7H,3-6H2,1-2H3/p-1. The first-order chi connectivity index (χ1) is 23.1. The molecule has 0 saturated heterocycles. The largest absolute Gasteiger partial charge is 0.756 e. The van der Waals surface area contributed by atoms with Crippen molar-refractivity contribution in [2.75, 3.05) is 120 Å².